The molecule has 1 aliphatic heterocycles. The van der Waals surface area contributed by atoms with Gasteiger partial charge in [0.05, 0.1) is 6.10 Å². The van der Waals surface area contributed by atoms with Gasteiger partial charge in [0, 0.05) is 24.2 Å². The quantitative estimate of drug-likeness (QED) is 0.717. The third-order valence-electron chi connectivity index (χ3n) is 2.32. The van der Waals surface area contributed by atoms with Gasteiger partial charge in [-0.2, -0.15) is 11.8 Å². The summed E-state index contributed by atoms with van der Waals surface area (Å²) in [6.07, 6.45) is 5.35. The second-order valence-electron chi connectivity index (χ2n) is 3.72. The van der Waals surface area contributed by atoms with E-state index in [0.717, 1.165) is 24.5 Å². The zero-order chi connectivity index (χ0) is 9.52. The molecule has 2 nitrogen and oxygen atoms in total. The van der Waals surface area contributed by atoms with Crippen molar-refractivity contribution in [2.45, 2.75) is 44.8 Å². The normalized spacial score (nSPS) is 24.9. The molecule has 0 spiro atoms. The Morgan fingerprint density at radius 2 is 2.46 bits per heavy atom. The van der Waals surface area contributed by atoms with E-state index in [0.29, 0.717) is 12.1 Å². The van der Waals surface area contributed by atoms with Gasteiger partial charge in [-0.1, -0.05) is 13.3 Å². The van der Waals surface area contributed by atoms with Crippen LogP contribution in [-0.4, -0.2) is 30.3 Å². The molecule has 2 atom stereocenters. The molecule has 13 heavy (non-hydrogen) atoms. The molecule has 0 aromatic rings. The predicted octanol–water partition coefficient (Wildman–Crippen LogP) is 2.03. The van der Waals surface area contributed by atoms with Gasteiger partial charge in [0.2, 0.25) is 0 Å². The second kappa shape index (κ2) is 6.68. The zero-order valence-electron chi connectivity index (χ0n) is 8.50. The Morgan fingerprint density at radius 1 is 1.62 bits per heavy atom. The lowest BCUT2D eigenvalue weighted by molar-refractivity contribution is 0.129. The van der Waals surface area contributed by atoms with Gasteiger partial charge in [-0.05, 0) is 19.3 Å². The van der Waals surface area contributed by atoms with E-state index >= 15 is 0 Å². The van der Waals surface area contributed by atoms with Gasteiger partial charge in [0.25, 0.3) is 0 Å². The van der Waals surface area contributed by atoms with Crippen LogP contribution in [0.2, 0.25) is 0 Å². The summed E-state index contributed by atoms with van der Waals surface area (Å²) in [5, 5.41) is 0. The lowest BCUT2D eigenvalue weighted by atomic mass is 10.2. The van der Waals surface area contributed by atoms with Gasteiger partial charge in [0.1, 0.15) is 0 Å². The first kappa shape index (κ1) is 11.3. The van der Waals surface area contributed by atoms with E-state index in [1.54, 1.807) is 0 Å². The molecule has 3 heteroatoms. The summed E-state index contributed by atoms with van der Waals surface area (Å²) in [5.41, 5.74) is 5.91. The summed E-state index contributed by atoms with van der Waals surface area (Å²) in [6, 6.07) is 0.386. The molecule has 0 aromatic carbocycles. The van der Waals surface area contributed by atoms with E-state index in [4.69, 9.17) is 10.5 Å². The third kappa shape index (κ3) is 4.89. The van der Waals surface area contributed by atoms with E-state index in [9.17, 15) is 0 Å². The molecule has 2 unspecified atom stereocenters. The molecule has 0 saturated carbocycles. The zero-order valence-corrected chi connectivity index (χ0v) is 9.31. The first-order valence-corrected chi connectivity index (χ1v) is 6.43. The molecular weight excluding hydrogens is 182 g/mol. The first-order valence-electron chi connectivity index (χ1n) is 5.28. The molecule has 1 fully saturated rings. The fourth-order valence-corrected chi connectivity index (χ4v) is 2.71. The highest BCUT2D eigenvalue weighted by Gasteiger charge is 2.15. The molecule has 2 N–H and O–H groups in total. The van der Waals surface area contributed by atoms with Crippen molar-refractivity contribution in [1.82, 2.24) is 0 Å². The van der Waals surface area contributed by atoms with E-state index in [-0.39, 0.29) is 0 Å². The summed E-state index contributed by atoms with van der Waals surface area (Å²) in [6.45, 7) is 3.15. The monoisotopic (exact) mass is 203 g/mol. The van der Waals surface area contributed by atoms with E-state index in [1.165, 1.54) is 19.3 Å². The van der Waals surface area contributed by atoms with Crippen LogP contribution in [-0.2, 0) is 4.74 Å². The van der Waals surface area contributed by atoms with Gasteiger partial charge in [0.15, 0.2) is 0 Å². The standard InChI is InChI=1S/C10H21NOS/c1-2-4-9(11)7-13-8-10-5-3-6-12-10/h9-10H,2-8,11H2,1H3. The van der Waals surface area contributed by atoms with Gasteiger partial charge in [-0.3, -0.25) is 0 Å². The van der Waals surface area contributed by atoms with E-state index < -0.39 is 0 Å². The molecule has 1 heterocycles. The van der Waals surface area contributed by atoms with Crippen molar-refractivity contribution in [2.24, 2.45) is 5.73 Å². The third-order valence-corrected chi connectivity index (χ3v) is 3.59. The van der Waals surface area contributed by atoms with Crippen LogP contribution in [0.3, 0.4) is 0 Å². The van der Waals surface area contributed by atoms with Gasteiger partial charge >= 0.3 is 0 Å². The maximum Gasteiger partial charge on any atom is 0.0666 e. The fourth-order valence-electron chi connectivity index (χ4n) is 1.58. The Bertz CT molecular complexity index is 126. The van der Waals surface area contributed by atoms with Crippen LogP contribution in [0.4, 0.5) is 0 Å². The topological polar surface area (TPSA) is 35.2 Å². The smallest absolute Gasteiger partial charge is 0.0666 e. The van der Waals surface area contributed by atoms with E-state index in [2.05, 4.69) is 6.92 Å². The highest BCUT2D eigenvalue weighted by molar-refractivity contribution is 7.99. The Labute approximate surface area is 85.6 Å². The maximum absolute atomic E-state index is 5.91. The molecule has 0 radical (unpaired) electrons. The summed E-state index contributed by atoms with van der Waals surface area (Å²) in [5.74, 6) is 2.23. The molecule has 1 rings (SSSR count). The number of ether oxygens (including phenoxy) is 1. The fraction of sp³-hybridized carbons (Fsp3) is 1.00. The average Bonchev–Trinajstić information content (AvgIpc) is 2.57. The van der Waals surface area contributed by atoms with Crippen LogP contribution < -0.4 is 5.73 Å². The van der Waals surface area contributed by atoms with Crippen molar-refractivity contribution in [3.63, 3.8) is 0 Å². The first-order chi connectivity index (χ1) is 6.33. The molecule has 78 valence electrons. The minimum Gasteiger partial charge on any atom is -0.377 e. The van der Waals surface area contributed by atoms with Crippen LogP contribution >= 0.6 is 11.8 Å². The molecule has 0 bridgehead atoms. The van der Waals surface area contributed by atoms with Crippen LogP contribution in [0.25, 0.3) is 0 Å². The van der Waals surface area contributed by atoms with Crippen molar-refractivity contribution in [2.75, 3.05) is 18.1 Å². The van der Waals surface area contributed by atoms with Crippen molar-refractivity contribution in [3.8, 4) is 0 Å². The number of nitrogens with two attached hydrogens (primary N) is 1. The Kier molecular flexibility index (Phi) is 5.83. The molecule has 0 aliphatic carbocycles. The summed E-state index contributed by atoms with van der Waals surface area (Å²) in [4.78, 5) is 0. The number of hydrogen-bond acceptors (Lipinski definition) is 3. The Morgan fingerprint density at radius 3 is 3.08 bits per heavy atom. The highest BCUT2D eigenvalue weighted by Crippen LogP contribution is 2.17. The van der Waals surface area contributed by atoms with Crippen molar-refractivity contribution < 1.29 is 4.74 Å². The second-order valence-corrected chi connectivity index (χ2v) is 4.80. The van der Waals surface area contributed by atoms with Crippen molar-refractivity contribution in [1.29, 1.82) is 0 Å². The maximum atomic E-state index is 5.91. The summed E-state index contributed by atoms with van der Waals surface area (Å²) >= 11 is 1.95. The summed E-state index contributed by atoms with van der Waals surface area (Å²) in [7, 11) is 0. The SMILES string of the molecule is CCCC(N)CSCC1CCCO1. The molecule has 1 saturated heterocycles. The number of thioether (sulfide) groups is 1. The van der Waals surface area contributed by atoms with E-state index in [1.807, 2.05) is 11.8 Å². The summed E-state index contributed by atoms with van der Waals surface area (Å²) < 4.78 is 5.53. The molecule has 0 aromatic heterocycles. The van der Waals surface area contributed by atoms with Crippen LogP contribution in [0.1, 0.15) is 32.6 Å². The Balaban J connectivity index is 1.93. The lowest BCUT2D eigenvalue weighted by Crippen LogP contribution is -2.23. The molecule has 0 amide bonds. The van der Waals surface area contributed by atoms with Gasteiger partial charge in [-0.25, -0.2) is 0 Å². The number of rotatable bonds is 6. The minimum absolute atomic E-state index is 0.386. The minimum atomic E-state index is 0.386. The molecule has 1 aliphatic rings. The van der Waals surface area contributed by atoms with Crippen LogP contribution in [0.15, 0.2) is 0 Å². The van der Waals surface area contributed by atoms with Crippen LogP contribution in [0, 0.1) is 0 Å². The molecular formula is C10H21NOS. The van der Waals surface area contributed by atoms with Gasteiger partial charge < -0.3 is 10.5 Å². The van der Waals surface area contributed by atoms with Crippen LogP contribution in [0.5, 0.6) is 0 Å². The Hall–Kier alpha value is 0.270. The highest BCUT2D eigenvalue weighted by atomic mass is 32.2. The van der Waals surface area contributed by atoms with Crippen molar-refractivity contribution >= 4 is 11.8 Å². The largest absolute Gasteiger partial charge is 0.377 e. The lowest BCUT2D eigenvalue weighted by Gasteiger charge is -2.12. The van der Waals surface area contributed by atoms with Gasteiger partial charge in [-0.15, -0.1) is 0 Å². The number of hydrogen-bond donors (Lipinski definition) is 1. The average molecular weight is 203 g/mol. The van der Waals surface area contributed by atoms with Crippen molar-refractivity contribution in [3.05, 3.63) is 0 Å². The predicted molar refractivity (Wildman–Crippen MR) is 59.2 cm³/mol.